The van der Waals surface area contributed by atoms with Gasteiger partial charge in [0.2, 0.25) is 0 Å². The van der Waals surface area contributed by atoms with E-state index in [1.807, 2.05) is 32.0 Å². The molecule has 0 aliphatic carbocycles. The van der Waals surface area contributed by atoms with Gasteiger partial charge in [-0.15, -0.1) is 0 Å². The number of rotatable bonds is 10. The zero-order valence-electron chi connectivity index (χ0n) is 18.8. The molecule has 7 nitrogen and oxygen atoms in total. The Kier molecular flexibility index (Phi) is 7.50. The lowest BCUT2D eigenvalue weighted by molar-refractivity contribution is 0.0473. The van der Waals surface area contributed by atoms with Crippen LogP contribution in [0, 0.1) is 6.92 Å². The summed E-state index contributed by atoms with van der Waals surface area (Å²) in [4.78, 5) is 14.6. The third-order valence-electron chi connectivity index (χ3n) is 5.64. The van der Waals surface area contributed by atoms with Crippen LogP contribution in [0.4, 0.5) is 5.69 Å². The maximum absolute atomic E-state index is 12.7. The van der Waals surface area contributed by atoms with Gasteiger partial charge in [0, 0.05) is 37.3 Å². The lowest BCUT2D eigenvalue weighted by Gasteiger charge is -2.22. The summed E-state index contributed by atoms with van der Waals surface area (Å²) >= 11 is 0. The molecular formula is C24H32N4O3. The quantitative estimate of drug-likeness (QED) is 0.353. The second-order valence-electron chi connectivity index (χ2n) is 8.26. The van der Waals surface area contributed by atoms with E-state index in [1.165, 1.54) is 6.42 Å². The normalized spacial score (nSPS) is 12.1. The fourth-order valence-electron chi connectivity index (χ4n) is 3.89. The molecule has 0 aliphatic rings. The summed E-state index contributed by atoms with van der Waals surface area (Å²) in [5.74, 6) is -0.217. The largest absolute Gasteiger partial charge is 0.508 e. The summed E-state index contributed by atoms with van der Waals surface area (Å²) in [7, 11) is 3.91. The summed E-state index contributed by atoms with van der Waals surface area (Å²) in [5, 5.41) is 21.3. The molecule has 1 heterocycles. The molecule has 7 heteroatoms. The van der Waals surface area contributed by atoms with Crippen LogP contribution in [0.3, 0.4) is 0 Å². The minimum Gasteiger partial charge on any atom is -0.508 e. The first-order valence-electron chi connectivity index (χ1n) is 10.9. The van der Waals surface area contributed by atoms with Crippen LogP contribution in [0.2, 0.25) is 0 Å². The zero-order chi connectivity index (χ0) is 22.4. The van der Waals surface area contributed by atoms with Crippen LogP contribution in [0.25, 0.3) is 11.0 Å². The molecular weight excluding hydrogens is 392 g/mol. The summed E-state index contributed by atoms with van der Waals surface area (Å²) in [6, 6.07) is 8.92. The first kappa shape index (κ1) is 22.6. The fourth-order valence-corrected chi connectivity index (χ4v) is 3.89. The average molecular weight is 425 g/mol. The minimum atomic E-state index is -0.399. The molecule has 1 unspecified atom stereocenters. The SMILES string of the molecule is CCCCCCC(COC(=O)c1ccc2n[nH]nc2c1)c1cc(C)c(N(C)C)cc1O. The van der Waals surface area contributed by atoms with E-state index in [0.717, 1.165) is 42.5 Å². The Hall–Kier alpha value is -3.09. The van der Waals surface area contributed by atoms with Gasteiger partial charge in [-0.05, 0) is 43.2 Å². The van der Waals surface area contributed by atoms with Gasteiger partial charge < -0.3 is 14.7 Å². The monoisotopic (exact) mass is 424 g/mol. The third kappa shape index (κ3) is 5.54. The molecule has 0 aliphatic heterocycles. The molecule has 1 aromatic heterocycles. The van der Waals surface area contributed by atoms with E-state index in [0.29, 0.717) is 16.6 Å². The third-order valence-corrected chi connectivity index (χ3v) is 5.64. The molecule has 3 rings (SSSR count). The van der Waals surface area contributed by atoms with Crippen molar-refractivity contribution in [2.45, 2.75) is 51.9 Å². The van der Waals surface area contributed by atoms with Gasteiger partial charge in [0.05, 0.1) is 12.2 Å². The number of benzene rings is 2. The van der Waals surface area contributed by atoms with Gasteiger partial charge in [-0.2, -0.15) is 15.4 Å². The number of phenolic OH excluding ortho intramolecular Hbond substituents is 1. The molecule has 2 N–H and O–H groups in total. The van der Waals surface area contributed by atoms with E-state index in [2.05, 4.69) is 22.3 Å². The number of aromatic amines is 1. The number of H-pyrrole nitrogens is 1. The van der Waals surface area contributed by atoms with Gasteiger partial charge in [0.25, 0.3) is 0 Å². The highest BCUT2D eigenvalue weighted by Crippen LogP contribution is 2.35. The van der Waals surface area contributed by atoms with Gasteiger partial charge in [-0.25, -0.2) is 4.79 Å². The molecule has 0 spiro atoms. The number of carbonyl (C=O) groups is 1. The standard InChI is InChI=1S/C24H32N4O3/c1-5-6-7-8-9-18(19-12-16(2)22(28(3)4)14-23(19)29)15-31-24(30)17-10-11-20-21(13-17)26-27-25-20/h10-14,18,29H,5-9,15H2,1-4H3,(H,25,26,27). The molecule has 0 bridgehead atoms. The predicted molar refractivity (Wildman–Crippen MR) is 123 cm³/mol. The molecule has 0 saturated carbocycles. The van der Waals surface area contributed by atoms with Crippen LogP contribution in [-0.2, 0) is 4.74 Å². The Labute approximate surface area is 183 Å². The number of ether oxygens (including phenoxy) is 1. The number of nitrogens with one attached hydrogen (secondary N) is 1. The van der Waals surface area contributed by atoms with Gasteiger partial charge >= 0.3 is 5.97 Å². The van der Waals surface area contributed by atoms with Gasteiger partial charge in [0.1, 0.15) is 16.8 Å². The summed E-state index contributed by atoms with van der Waals surface area (Å²) in [5.41, 5.74) is 4.65. The second-order valence-corrected chi connectivity index (χ2v) is 8.26. The van der Waals surface area contributed by atoms with Crippen molar-refractivity contribution in [1.29, 1.82) is 0 Å². The van der Waals surface area contributed by atoms with Crippen molar-refractivity contribution in [2.24, 2.45) is 0 Å². The second kappa shape index (κ2) is 10.3. The number of aromatic nitrogens is 3. The van der Waals surface area contributed by atoms with Crippen molar-refractivity contribution in [3.63, 3.8) is 0 Å². The molecule has 0 fully saturated rings. The number of esters is 1. The summed E-state index contributed by atoms with van der Waals surface area (Å²) < 4.78 is 5.68. The highest BCUT2D eigenvalue weighted by Gasteiger charge is 2.20. The number of anilines is 1. The van der Waals surface area contributed by atoms with Crippen LogP contribution in [0.5, 0.6) is 5.75 Å². The van der Waals surface area contributed by atoms with Crippen molar-refractivity contribution in [3.8, 4) is 5.75 Å². The average Bonchev–Trinajstić information content (AvgIpc) is 3.22. The Balaban J connectivity index is 1.76. The first-order chi connectivity index (χ1) is 14.9. The fraction of sp³-hybridized carbons (Fsp3) is 0.458. The van der Waals surface area contributed by atoms with E-state index in [1.54, 1.807) is 24.3 Å². The van der Waals surface area contributed by atoms with E-state index in [-0.39, 0.29) is 18.3 Å². The zero-order valence-corrected chi connectivity index (χ0v) is 18.8. The Morgan fingerprint density at radius 3 is 2.65 bits per heavy atom. The van der Waals surface area contributed by atoms with E-state index in [4.69, 9.17) is 4.74 Å². The Morgan fingerprint density at radius 1 is 1.13 bits per heavy atom. The highest BCUT2D eigenvalue weighted by molar-refractivity contribution is 5.93. The van der Waals surface area contributed by atoms with E-state index >= 15 is 0 Å². The van der Waals surface area contributed by atoms with E-state index in [9.17, 15) is 9.90 Å². The number of aromatic hydroxyl groups is 1. The molecule has 31 heavy (non-hydrogen) atoms. The summed E-state index contributed by atoms with van der Waals surface area (Å²) in [6.45, 7) is 4.43. The molecule has 0 radical (unpaired) electrons. The molecule has 3 aromatic rings. The molecule has 166 valence electrons. The van der Waals surface area contributed by atoms with Crippen molar-refractivity contribution >= 4 is 22.7 Å². The van der Waals surface area contributed by atoms with Crippen LogP contribution in [0.15, 0.2) is 30.3 Å². The predicted octanol–water partition coefficient (Wildman–Crippen LogP) is 4.95. The van der Waals surface area contributed by atoms with Gasteiger partial charge in [-0.3, -0.25) is 0 Å². The number of fused-ring (bicyclic) bond motifs is 1. The van der Waals surface area contributed by atoms with Crippen molar-refractivity contribution in [2.75, 3.05) is 25.6 Å². The maximum Gasteiger partial charge on any atom is 0.338 e. The lowest BCUT2D eigenvalue weighted by Crippen LogP contribution is -2.15. The topological polar surface area (TPSA) is 91.3 Å². The van der Waals surface area contributed by atoms with Crippen LogP contribution in [0.1, 0.15) is 66.4 Å². The molecule has 1 atom stereocenters. The molecule has 2 aromatic carbocycles. The number of unbranched alkanes of at least 4 members (excludes halogenated alkanes) is 3. The van der Waals surface area contributed by atoms with Crippen LogP contribution >= 0.6 is 0 Å². The van der Waals surface area contributed by atoms with Crippen LogP contribution < -0.4 is 4.90 Å². The van der Waals surface area contributed by atoms with E-state index < -0.39 is 5.97 Å². The Bertz CT molecular complexity index is 1030. The number of hydrogen-bond acceptors (Lipinski definition) is 6. The molecule has 0 saturated heterocycles. The minimum absolute atomic E-state index is 0.0634. The number of aryl methyl sites for hydroxylation is 1. The lowest BCUT2D eigenvalue weighted by atomic mass is 9.91. The van der Waals surface area contributed by atoms with Crippen molar-refractivity contribution in [1.82, 2.24) is 15.4 Å². The number of phenols is 1. The molecule has 0 amide bonds. The maximum atomic E-state index is 12.7. The van der Waals surface area contributed by atoms with Gasteiger partial charge in [0.15, 0.2) is 0 Å². The van der Waals surface area contributed by atoms with Crippen molar-refractivity contribution < 1.29 is 14.6 Å². The van der Waals surface area contributed by atoms with Crippen LogP contribution in [-0.4, -0.2) is 47.2 Å². The number of carbonyl (C=O) groups excluding carboxylic acids is 1. The smallest absolute Gasteiger partial charge is 0.338 e. The number of hydrogen-bond donors (Lipinski definition) is 2. The van der Waals surface area contributed by atoms with Gasteiger partial charge in [-0.1, -0.05) is 32.6 Å². The number of nitrogens with zero attached hydrogens (tertiary/aromatic N) is 3. The summed E-state index contributed by atoms with van der Waals surface area (Å²) in [6.07, 6.45) is 5.33. The Morgan fingerprint density at radius 2 is 1.90 bits per heavy atom. The highest BCUT2D eigenvalue weighted by atomic mass is 16.5. The first-order valence-corrected chi connectivity index (χ1v) is 10.9. The van der Waals surface area contributed by atoms with Crippen molar-refractivity contribution in [3.05, 3.63) is 47.0 Å².